The summed E-state index contributed by atoms with van der Waals surface area (Å²) in [6.45, 7) is 2.81. The molecule has 1 aromatic rings. The van der Waals surface area contributed by atoms with Crippen LogP contribution >= 0.6 is 11.8 Å². The van der Waals surface area contributed by atoms with E-state index in [0.29, 0.717) is 23.4 Å². The van der Waals surface area contributed by atoms with Crippen molar-refractivity contribution in [3.8, 4) is 5.88 Å². The normalized spacial score (nSPS) is 17.2. The Hall–Kier alpha value is -1.31. The topological polar surface area (TPSA) is 48.6 Å². The fourth-order valence-electron chi connectivity index (χ4n) is 1.91. The van der Waals surface area contributed by atoms with Crippen molar-refractivity contribution in [1.82, 2.24) is 9.78 Å². The maximum atomic E-state index is 12.4. The van der Waals surface area contributed by atoms with Gasteiger partial charge in [-0.2, -0.15) is 13.9 Å². The monoisotopic (exact) mass is 305 g/mol. The molecule has 0 aromatic carbocycles. The molecule has 0 bridgehead atoms. The molecule has 5 nitrogen and oxygen atoms in total. The van der Waals surface area contributed by atoms with Gasteiger partial charge in [-0.3, -0.25) is 0 Å². The third-order valence-electron chi connectivity index (χ3n) is 2.84. The lowest BCUT2D eigenvalue weighted by atomic mass is 10.1. The molecule has 0 saturated heterocycles. The first-order chi connectivity index (χ1) is 9.28. The SMILES string of the molecule is Cc1nn(C)c(OC(F)F)c1CSC1=NOC(C)(C)C1. The molecular formula is C12H17F2N3O2S. The smallest absolute Gasteiger partial charge is 0.388 e. The highest BCUT2D eigenvalue weighted by Gasteiger charge is 2.29. The van der Waals surface area contributed by atoms with Crippen LogP contribution in [0.3, 0.4) is 0 Å². The minimum Gasteiger partial charge on any atom is -0.417 e. The predicted molar refractivity (Wildman–Crippen MR) is 73.1 cm³/mol. The van der Waals surface area contributed by atoms with Crippen molar-refractivity contribution in [2.75, 3.05) is 0 Å². The zero-order valence-corrected chi connectivity index (χ0v) is 12.6. The van der Waals surface area contributed by atoms with Crippen molar-refractivity contribution in [2.45, 2.75) is 45.2 Å². The largest absolute Gasteiger partial charge is 0.417 e. The van der Waals surface area contributed by atoms with Gasteiger partial charge in [0.1, 0.15) is 10.6 Å². The maximum absolute atomic E-state index is 12.4. The number of halogens is 2. The van der Waals surface area contributed by atoms with Gasteiger partial charge >= 0.3 is 6.61 Å². The second-order valence-electron chi connectivity index (χ2n) is 5.17. The molecule has 0 radical (unpaired) electrons. The van der Waals surface area contributed by atoms with Crippen molar-refractivity contribution in [3.05, 3.63) is 11.3 Å². The fraction of sp³-hybridized carbons (Fsp3) is 0.667. The number of aromatic nitrogens is 2. The Morgan fingerprint density at radius 1 is 1.50 bits per heavy atom. The Morgan fingerprint density at radius 2 is 2.20 bits per heavy atom. The molecule has 0 atom stereocenters. The summed E-state index contributed by atoms with van der Waals surface area (Å²) in [6, 6.07) is 0. The van der Waals surface area contributed by atoms with Gasteiger partial charge in [-0.05, 0) is 20.8 Å². The molecule has 0 unspecified atom stereocenters. The molecule has 8 heteroatoms. The van der Waals surface area contributed by atoms with Crippen molar-refractivity contribution in [1.29, 1.82) is 0 Å². The average Bonchev–Trinajstić information content (AvgIpc) is 2.78. The van der Waals surface area contributed by atoms with Crippen molar-refractivity contribution in [2.24, 2.45) is 12.2 Å². The zero-order chi connectivity index (χ0) is 14.9. The Balaban J connectivity index is 2.06. The van der Waals surface area contributed by atoms with Crippen LogP contribution in [0.2, 0.25) is 0 Å². The molecule has 0 N–H and O–H groups in total. The van der Waals surface area contributed by atoms with E-state index in [1.165, 1.54) is 16.4 Å². The summed E-state index contributed by atoms with van der Waals surface area (Å²) < 4.78 is 30.7. The van der Waals surface area contributed by atoms with Crippen LogP contribution in [-0.2, 0) is 17.6 Å². The van der Waals surface area contributed by atoms with Gasteiger partial charge in [0.05, 0.1) is 5.69 Å². The summed E-state index contributed by atoms with van der Waals surface area (Å²) in [6.07, 6.45) is 0.710. The molecule has 1 aliphatic heterocycles. The molecular weight excluding hydrogens is 288 g/mol. The van der Waals surface area contributed by atoms with Crippen LogP contribution in [0.4, 0.5) is 8.78 Å². The van der Waals surface area contributed by atoms with E-state index in [-0.39, 0.29) is 11.5 Å². The highest BCUT2D eigenvalue weighted by atomic mass is 32.2. The van der Waals surface area contributed by atoms with E-state index in [1.54, 1.807) is 14.0 Å². The fourth-order valence-corrected chi connectivity index (χ4v) is 3.10. The van der Waals surface area contributed by atoms with E-state index in [2.05, 4.69) is 15.0 Å². The third-order valence-corrected chi connectivity index (χ3v) is 3.83. The van der Waals surface area contributed by atoms with Gasteiger partial charge in [-0.25, -0.2) is 4.68 Å². The van der Waals surface area contributed by atoms with E-state index in [9.17, 15) is 8.78 Å². The van der Waals surface area contributed by atoms with E-state index in [0.717, 1.165) is 5.04 Å². The molecule has 0 saturated carbocycles. The minimum absolute atomic E-state index is 0.101. The molecule has 0 spiro atoms. The Kier molecular flexibility index (Phi) is 4.22. The number of hydrogen-bond acceptors (Lipinski definition) is 5. The lowest BCUT2D eigenvalue weighted by Crippen LogP contribution is -2.18. The number of oxime groups is 1. The number of alkyl halides is 2. The van der Waals surface area contributed by atoms with Crippen molar-refractivity contribution >= 4 is 16.8 Å². The number of nitrogens with zero attached hydrogens (tertiary/aromatic N) is 3. The average molecular weight is 305 g/mol. The van der Waals surface area contributed by atoms with Crippen LogP contribution < -0.4 is 4.74 Å². The number of rotatable bonds is 4. The first-order valence-corrected chi connectivity index (χ1v) is 7.12. The molecule has 2 heterocycles. The first-order valence-electron chi connectivity index (χ1n) is 6.13. The summed E-state index contributed by atoms with van der Waals surface area (Å²) in [4.78, 5) is 5.27. The number of aryl methyl sites for hydroxylation is 2. The Morgan fingerprint density at radius 3 is 2.75 bits per heavy atom. The van der Waals surface area contributed by atoms with Gasteiger partial charge in [0.2, 0.25) is 5.88 Å². The first kappa shape index (κ1) is 15.1. The molecule has 112 valence electrons. The molecule has 2 rings (SSSR count). The van der Waals surface area contributed by atoms with Crippen LogP contribution in [-0.4, -0.2) is 27.0 Å². The Labute approximate surface area is 120 Å². The lowest BCUT2D eigenvalue weighted by Gasteiger charge is -2.13. The second-order valence-corrected chi connectivity index (χ2v) is 6.22. The van der Waals surface area contributed by atoms with E-state index >= 15 is 0 Å². The molecule has 0 amide bonds. The number of hydrogen-bond donors (Lipinski definition) is 0. The zero-order valence-electron chi connectivity index (χ0n) is 11.8. The van der Waals surface area contributed by atoms with E-state index in [4.69, 9.17) is 4.84 Å². The van der Waals surface area contributed by atoms with Crippen LogP contribution in [0.1, 0.15) is 31.5 Å². The molecule has 1 aliphatic rings. The van der Waals surface area contributed by atoms with Crippen LogP contribution in [0.15, 0.2) is 5.16 Å². The number of ether oxygens (including phenoxy) is 1. The van der Waals surface area contributed by atoms with E-state index < -0.39 is 6.61 Å². The predicted octanol–water partition coefficient (Wildman–Crippen LogP) is 3.08. The van der Waals surface area contributed by atoms with Crippen LogP contribution in [0.5, 0.6) is 5.88 Å². The van der Waals surface area contributed by atoms with Crippen molar-refractivity contribution < 1.29 is 18.4 Å². The van der Waals surface area contributed by atoms with Crippen LogP contribution in [0.25, 0.3) is 0 Å². The maximum Gasteiger partial charge on any atom is 0.388 e. The van der Waals surface area contributed by atoms with Gasteiger partial charge in [0, 0.05) is 24.8 Å². The highest BCUT2D eigenvalue weighted by Crippen LogP contribution is 2.32. The minimum atomic E-state index is -2.86. The summed E-state index contributed by atoms with van der Waals surface area (Å²) >= 11 is 1.45. The summed E-state index contributed by atoms with van der Waals surface area (Å²) in [5.41, 5.74) is 1.04. The van der Waals surface area contributed by atoms with Gasteiger partial charge in [0.25, 0.3) is 0 Å². The molecule has 0 aliphatic carbocycles. The number of thioether (sulfide) groups is 1. The van der Waals surface area contributed by atoms with Gasteiger partial charge in [0.15, 0.2) is 0 Å². The molecule has 20 heavy (non-hydrogen) atoms. The van der Waals surface area contributed by atoms with Crippen molar-refractivity contribution in [3.63, 3.8) is 0 Å². The summed E-state index contributed by atoms with van der Waals surface area (Å²) in [7, 11) is 1.58. The highest BCUT2D eigenvalue weighted by molar-refractivity contribution is 8.13. The quantitative estimate of drug-likeness (QED) is 0.858. The summed E-state index contributed by atoms with van der Waals surface area (Å²) in [5, 5.41) is 8.95. The Bertz CT molecular complexity index is 529. The van der Waals surface area contributed by atoms with Gasteiger partial charge < -0.3 is 9.57 Å². The van der Waals surface area contributed by atoms with Gasteiger partial charge in [-0.1, -0.05) is 5.16 Å². The standard InChI is InChI=1S/C12H17F2N3O2S/c1-7-8(10(17(4)15-7)18-11(13)14)6-20-9-5-12(2,3)19-16-9/h11H,5-6H2,1-4H3. The van der Waals surface area contributed by atoms with E-state index in [1.807, 2.05) is 13.8 Å². The van der Waals surface area contributed by atoms with Gasteiger partial charge in [-0.15, -0.1) is 11.8 Å². The molecule has 1 aromatic heterocycles. The second kappa shape index (κ2) is 5.59. The summed E-state index contributed by atoms with van der Waals surface area (Å²) in [5.74, 6) is 0.573. The van der Waals surface area contributed by atoms with Crippen LogP contribution in [0, 0.1) is 6.92 Å². The third kappa shape index (κ3) is 3.41. The molecule has 0 fully saturated rings. The lowest BCUT2D eigenvalue weighted by molar-refractivity contribution is -0.0557.